The predicted molar refractivity (Wildman–Crippen MR) is 178 cm³/mol. The molecule has 9 heteroatoms. The van der Waals surface area contributed by atoms with E-state index < -0.39 is 28.5 Å². The van der Waals surface area contributed by atoms with Gasteiger partial charge in [0, 0.05) is 12.6 Å². The first-order chi connectivity index (χ1) is 21.7. The zero-order chi connectivity index (χ0) is 32.2. The van der Waals surface area contributed by atoms with Crippen molar-refractivity contribution in [3.05, 3.63) is 121 Å². The van der Waals surface area contributed by atoms with E-state index in [9.17, 15) is 18.0 Å². The van der Waals surface area contributed by atoms with Crippen molar-refractivity contribution in [2.24, 2.45) is 0 Å². The summed E-state index contributed by atoms with van der Waals surface area (Å²) in [7, 11) is -4.15. The third kappa shape index (κ3) is 8.95. The van der Waals surface area contributed by atoms with Crippen LogP contribution in [-0.2, 0) is 26.0 Å². The average molecular weight is 628 g/mol. The maximum atomic E-state index is 14.2. The summed E-state index contributed by atoms with van der Waals surface area (Å²) in [5.74, 6) is 0.435. The SMILES string of the molecule is CC[C@@H](C)NC(=O)[C@H](CC)N(CCc1ccccc1)C(=O)CN(c1ccc(Oc2ccccc2)cc1)S(=O)(=O)c1ccccc1. The summed E-state index contributed by atoms with van der Waals surface area (Å²) in [5.41, 5.74) is 1.31. The molecule has 0 fully saturated rings. The number of ether oxygens (including phenoxy) is 1. The molecule has 0 aliphatic heterocycles. The van der Waals surface area contributed by atoms with E-state index in [4.69, 9.17) is 4.74 Å². The maximum Gasteiger partial charge on any atom is 0.264 e. The van der Waals surface area contributed by atoms with Crippen LogP contribution in [0.1, 0.15) is 39.2 Å². The van der Waals surface area contributed by atoms with Gasteiger partial charge in [-0.1, -0.05) is 80.6 Å². The molecule has 1 N–H and O–H groups in total. The average Bonchev–Trinajstić information content (AvgIpc) is 3.07. The van der Waals surface area contributed by atoms with E-state index in [1.54, 1.807) is 42.5 Å². The van der Waals surface area contributed by atoms with Crippen LogP contribution in [0.3, 0.4) is 0 Å². The van der Waals surface area contributed by atoms with Gasteiger partial charge in [-0.15, -0.1) is 0 Å². The van der Waals surface area contributed by atoms with Crippen molar-refractivity contribution in [3.8, 4) is 11.5 Å². The zero-order valence-corrected chi connectivity index (χ0v) is 26.8. The number of nitrogens with zero attached hydrogens (tertiary/aromatic N) is 2. The molecule has 4 rings (SSSR count). The number of hydrogen-bond acceptors (Lipinski definition) is 5. The largest absolute Gasteiger partial charge is 0.457 e. The number of amides is 2. The number of benzene rings is 4. The van der Waals surface area contributed by atoms with E-state index in [1.807, 2.05) is 81.4 Å². The molecule has 236 valence electrons. The number of nitrogens with one attached hydrogen (secondary N) is 1. The van der Waals surface area contributed by atoms with Crippen molar-refractivity contribution in [2.75, 3.05) is 17.4 Å². The van der Waals surface area contributed by atoms with Crippen LogP contribution >= 0.6 is 0 Å². The molecule has 0 aliphatic rings. The second-order valence-electron chi connectivity index (χ2n) is 10.8. The molecule has 2 amide bonds. The summed E-state index contributed by atoms with van der Waals surface area (Å²) >= 11 is 0. The van der Waals surface area contributed by atoms with Gasteiger partial charge in [0.15, 0.2) is 0 Å². The lowest BCUT2D eigenvalue weighted by molar-refractivity contribution is -0.139. The first kappa shape index (κ1) is 33.3. The van der Waals surface area contributed by atoms with Crippen LogP contribution in [0.4, 0.5) is 5.69 Å². The smallest absolute Gasteiger partial charge is 0.264 e. The van der Waals surface area contributed by atoms with Crippen LogP contribution in [-0.4, -0.2) is 50.3 Å². The van der Waals surface area contributed by atoms with Crippen LogP contribution in [0, 0.1) is 0 Å². The van der Waals surface area contributed by atoms with Crippen LogP contribution in [0.25, 0.3) is 0 Å². The molecule has 0 aliphatic carbocycles. The molecule has 0 spiro atoms. The molecule has 0 heterocycles. The minimum absolute atomic E-state index is 0.0554. The first-order valence-corrected chi connectivity index (χ1v) is 16.7. The van der Waals surface area contributed by atoms with Gasteiger partial charge in [-0.25, -0.2) is 8.42 Å². The Morgan fingerprint density at radius 1 is 0.756 bits per heavy atom. The highest BCUT2D eigenvalue weighted by Crippen LogP contribution is 2.28. The highest BCUT2D eigenvalue weighted by atomic mass is 32.2. The van der Waals surface area contributed by atoms with E-state index in [0.29, 0.717) is 30.0 Å². The third-order valence-electron chi connectivity index (χ3n) is 7.58. The standard InChI is InChI=1S/C36H41N3O5S/c1-4-28(3)37-36(41)34(5-2)38(26-25-29-15-9-6-10-16-29)35(40)27-39(45(42,43)33-19-13-8-14-20-33)30-21-23-32(24-22-30)44-31-17-11-7-12-18-31/h6-24,28,34H,4-5,25-27H2,1-3H3,(H,37,41)/t28-,34+/m1/s1. The van der Waals surface area contributed by atoms with Crippen LogP contribution in [0.15, 0.2) is 120 Å². The summed E-state index contributed by atoms with van der Waals surface area (Å²) in [6.45, 7) is 5.51. The molecule has 0 radical (unpaired) electrons. The van der Waals surface area contributed by atoms with Gasteiger partial charge in [-0.3, -0.25) is 13.9 Å². The third-order valence-corrected chi connectivity index (χ3v) is 9.37. The monoisotopic (exact) mass is 627 g/mol. The van der Waals surface area contributed by atoms with Gasteiger partial charge in [-0.05, 0) is 80.3 Å². The molecule has 0 aromatic heterocycles. The Labute approximate surface area is 266 Å². The predicted octanol–water partition coefficient (Wildman–Crippen LogP) is 6.44. The molecule has 45 heavy (non-hydrogen) atoms. The maximum absolute atomic E-state index is 14.2. The number of carbonyl (C=O) groups is 2. The lowest BCUT2D eigenvalue weighted by Crippen LogP contribution is -2.54. The minimum Gasteiger partial charge on any atom is -0.457 e. The van der Waals surface area contributed by atoms with Crippen LogP contribution < -0.4 is 14.4 Å². The van der Waals surface area contributed by atoms with Gasteiger partial charge < -0.3 is 15.0 Å². The quantitative estimate of drug-likeness (QED) is 0.164. The van der Waals surface area contributed by atoms with Gasteiger partial charge in [0.2, 0.25) is 11.8 Å². The number of carbonyl (C=O) groups excluding carboxylic acids is 2. The Morgan fingerprint density at radius 2 is 1.31 bits per heavy atom. The molecule has 0 bridgehead atoms. The highest BCUT2D eigenvalue weighted by Gasteiger charge is 2.33. The fourth-order valence-electron chi connectivity index (χ4n) is 4.89. The van der Waals surface area contributed by atoms with Crippen molar-refractivity contribution in [2.45, 2.75) is 57.0 Å². The topological polar surface area (TPSA) is 96.0 Å². The Bertz CT molecular complexity index is 1620. The van der Waals surface area contributed by atoms with Gasteiger partial charge in [-0.2, -0.15) is 0 Å². The lowest BCUT2D eigenvalue weighted by atomic mass is 10.1. The molecular formula is C36H41N3O5S. The summed E-state index contributed by atoms with van der Waals surface area (Å²) in [6.07, 6.45) is 1.63. The number of hydrogen-bond donors (Lipinski definition) is 1. The molecule has 0 saturated heterocycles. The van der Waals surface area contributed by atoms with Crippen LogP contribution in [0.5, 0.6) is 11.5 Å². The van der Waals surface area contributed by atoms with Crippen molar-refractivity contribution in [1.82, 2.24) is 10.2 Å². The molecule has 2 atom stereocenters. The van der Waals surface area contributed by atoms with Gasteiger partial charge in [0.25, 0.3) is 10.0 Å². The molecule has 8 nitrogen and oxygen atoms in total. The summed E-state index contributed by atoms with van der Waals surface area (Å²) in [6, 6.07) is 32.7. The second-order valence-corrected chi connectivity index (χ2v) is 12.7. The fraction of sp³-hybridized carbons (Fsp3) is 0.278. The summed E-state index contributed by atoms with van der Waals surface area (Å²) in [4.78, 5) is 29.2. The minimum atomic E-state index is -4.15. The summed E-state index contributed by atoms with van der Waals surface area (Å²) < 4.78 is 35.1. The van der Waals surface area contributed by atoms with E-state index in [0.717, 1.165) is 16.3 Å². The highest BCUT2D eigenvalue weighted by molar-refractivity contribution is 7.92. The van der Waals surface area contributed by atoms with E-state index in [2.05, 4.69) is 5.32 Å². The van der Waals surface area contributed by atoms with Gasteiger partial charge in [0.1, 0.15) is 24.1 Å². The van der Waals surface area contributed by atoms with Crippen molar-refractivity contribution >= 4 is 27.5 Å². The fourth-order valence-corrected chi connectivity index (χ4v) is 6.33. The van der Waals surface area contributed by atoms with Crippen molar-refractivity contribution < 1.29 is 22.7 Å². The van der Waals surface area contributed by atoms with Gasteiger partial charge >= 0.3 is 0 Å². The van der Waals surface area contributed by atoms with Gasteiger partial charge in [0.05, 0.1) is 10.6 Å². The van der Waals surface area contributed by atoms with E-state index >= 15 is 0 Å². The number of para-hydroxylation sites is 1. The molecule has 4 aromatic rings. The van der Waals surface area contributed by atoms with Crippen molar-refractivity contribution in [1.29, 1.82) is 0 Å². The Morgan fingerprint density at radius 3 is 1.89 bits per heavy atom. The van der Waals surface area contributed by atoms with Crippen LogP contribution in [0.2, 0.25) is 0 Å². The first-order valence-electron chi connectivity index (χ1n) is 15.3. The Hall–Kier alpha value is -4.63. The molecular weight excluding hydrogens is 586 g/mol. The van der Waals surface area contributed by atoms with E-state index in [1.165, 1.54) is 17.0 Å². The lowest BCUT2D eigenvalue weighted by Gasteiger charge is -2.33. The second kappa shape index (κ2) is 15.9. The normalized spacial score (nSPS) is 12.5. The Balaban J connectivity index is 1.68. The molecule has 0 saturated carbocycles. The number of rotatable bonds is 15. The van der Waals surface area contributed by atoms with E-state index in [-0.39, 0.29) is 23.4 Å². The molecule has 4 aromatic carbocycles. The number of anilines is 1. The summed E-state index contributed by atoms with van der Waals surface area (Å²) in [5, 5.41) is 3.00. The zero-order valence-electron chi connectivity index (χ0n) is 26.0. The number of sulfonamides is 1. The molecule has 0 unspecified atom stereocenters. The van der Waals surface area contributed by atoms with Crippen molar-refractivity contribution in [3.63, 3.8) is 0 Å². The Kier molecular flexibility index (Phi) is 11.8.